The third-order valence-corrected chi connectivity index (χ3v) is 5.13. The summed E-state index contributed by atoms with van der Waals surface area (Å²) in [6, 6.07) is 8.70. The van der Waals surface area contributed by atoms with Crippen LogP contribution < -0.4 is 9.80 Å². The molecule has 0 aliphatic carbocycles. The van der Waals surface area contributed by atoms with Gasteiger partial charge in [-0.25, -0.2) is 0 Å². The van der Waals surface area contributed by atoms with E-state index in [1.807, 2.05) is 0 Å². The smallest absolute Gasteiger partial charge is 0.0989 e. The molecule has 5 heteroatoms. The van der Waals surface area contributed by atoms with Crippen molar-refractivity contribution < 1.29 is 0 Å². The van der Waals surface area contributed by atoms with E-state index in [4.69, 9.17) is 0 Å². The molecule has 1 aliphatic heterocycles. The zero-order valence-electron chi connectivity index (χ0n) is 14.2. The van der Waals surface area contributed by atoms with Crippen LogP contribution in [0.25, 0.3) is 0 Å². The molecule has 0 bridgehead atoms. The lowest BCUT2D eigenvalue weighted by atomic mass is 10.1. The van der Waals surface area contributed by atoms with E-state index in [-0.39, 0.29) is 12.4 Å². The van der Waals surface area contributed by atoms with Crippen molar-refractivity contribution >= 4 is 55.6 Å². The fourth-order valence-corrected chi connectivity index (χ4v) is 4.80. The third kappa shape index (κ3) is 3.66. The molecule has 2 aromatic rings. The Morgan fingerprint density at radius 2 is 0.958 bits per heavy atom. The van der Waals surface area contributed by atoms with E-state index in [1.54, 1.807) is 0 Å². The van der Waals surface area contributed by atoms with Crippen LogP contribution in [0, 0.1) is 27.7 Å². The van der Waals surface area contributed by atoms with Gasteiger partial charge in [-0.2, -0.15) is 0 Å². The van der Waals surface area contributed by atoms with Crippen LogP contribution in [0.4, 0.5) is 11.4 Å². The van der Waals surface area contributed by atoms with Crippen LogP contribution >= 0.6 is 44.3 Å². The molecule has 0 unspecified atom stereocenters. The van der Waals surface area contributed by atoms with Crippen molar-refractivity contribution in [3.8, 4) is 0 Å². The zero-order valence-corrected chi connectivity index (χ0v) is 18.2. The Labute approximate surface area is 167 Å². The van der Waals surface area contributed by atoms with Gasteiger partial charge in [0.15, 0.2) is 0 Å². The highest BCUT2D eigenvalue weighted by molar-refractivity contribution is 9.10. The maximum atomic E-state index is 3.58. The lowest BCUT2D eigenvalue weighted by molar-refractivity contribution is 0.955. The maximum Gasteiger partial charge on any atom is 0.0989 e. The quantitative estimate of drug-likeness (QED) is 0.484. The summed E-state index contributed by atoms with van der Waals surface area (Å²) in [5, 5.41) is 0. The van der Waals surface area contributed by atoms with Gasteiger partial charge in [0.1, 0.15) is 0 Å². The van der Waals surface area contributed by atoms with E-state index in [2.05, 4.69) is 106 Å². The molecule has 24 heavy (non-hydrogen) atoms. The Balaban J connectivity index is 0.00000208. The molecule has 128 valence electrons. The number of halogens is 3. The summed E-state index contributed by atoms with van der Waals surface area (Å²) in [6.45, 7) is 9.51. The van der Waals surface area contributed by atoms with Gasteiger partial charge in [-0.3, -0.25) is 0 Å². The summed E-state index contributed by atoms with van der Waals surface area (Å²) in [4.78, 5) is 4.63. The van der Waals surface area contributed by atoms with Gasteiger partial charge >= 0.3 is 0 Å². The van der Waals surface area contributed by atoms with E-state index in [0.717, 1.165) is 15.6 Å². The first-order valence-electron chi connectivity index (χ1n) is 7.62. The molecule has 1 aliphatic rings. The van der Waals surface area contributed by atoms with E-state index in [1.165, 1.54) is 33.6 Å². The number of aryl methyl sites for hydroxylation is 4. The number of rotatable bonds is 2. The maximum absolute atomic E-state index is 3.58. The average Bonchev–Trinajstić information content (AvgIpc) is 2.85. The summed E-state index contributed by atoms with van der Waals surface area (Å²) in [5.74, 6) is 0. The number of hydrogen-bond acceptors (Lipinski definition) is 2. The Bertz CT molecular complexity index is 690. The predicted molar refractivity (Wildman–Crippen MR) is 113 cm³/mol. The van der Waals surface area contributed by atoms with Gasteiger partial charge in [-0.15, -0.1) is 12.4 Å². The molecule has 0 fully saturated rings. The average molecular weight is 473 g/mol. The molecule has 2 aromatic carbocycles. The molecule has 0 radical (unpaired) electrons. The highest BCUT2D eigenvalue weighted by atomic mass is 79.9. The topological polar surface area (TPSA) is 6.48 Å². The third-order valence-electron chi connectivity index (χ3n) is 4.22. The Kier molecular flexibility index (Phi) is 6.05. The van der Waals surface area contributed by atoms with Crippen molar-refractivity contribution in [2.45, 2.75) is 27.7 Å². The van der Waals surface area contributed by atoms with E-state index in [9.17, 15) is 0 Å². The number of hydrogen-bond donors (Lipinski definition) is 0. The van der Waals surface area contributed by atoms with Gasteiger partial charge in [-0.1, -0.05) is 31.9 Å². The second-order valence-electron chi connectivity index (χ2n) is 6.16. The van der Waals surface area contributed by atoms with Gasteiger partial charge < -0.3 is 9.80 Å². The first-order valence-corrected chi connectivity index (χ1v) is 9.20. The SMILES string of the molecule is Cc1cc(Br)cc(C)c1N1C=CN(c2c(C)cc(Br)cc2C)C1.Cl. The Hall–Kier alpha value is -0.970. The van der Waals surface area contributed by atoms with Crippen molar-refractivity contribution in [2.75, 3.05) is 16.5 Å². The zero-order chi connectivity index (χ0) is 16.7. The summed E-state index contributed by atoms with van der Waals surface area (Å²) >= 11 is 7.16. The largest absolute Gasteiger partial charge is 0.328 e. The molecule has 0 N–H and O–H groups in total. The van der Waals surface area contributed by atoms with Gasteiger partial charge in [-0.05, 0) is 74.2 Å². The van der Waals surface area contributed by atoms with Crippen LogP contribution in [0.3, 0.4) is 0 Å². The normalized spacial score (nSPS) is 13.4. The predicted octanol–water partition coefficient (Wildman–Crippen LogP) is 6.62. The molecule has 0 saturated carbocycles. The molecule has 0 atom stereocenters. The summed E-state index contributed by atoms with van der Waals surface area (Å²) < 4.78 is 2.27. The minimum absolute atomic E-state index is 0. The van der Waals surface area contributed by atoms with Crippen LogP contribution in [0.5, 0.6) is 0 Å². The molecule has 0 saturated heterocycles. The Morgan fingerprint density at radius 1 is 0.667 bits per heavy atom. The standard InChI is InChI=1S/C19H20Br2N2.ClH/c1-12-7-16(20)8-13(2)18(12)22-5-6-23(11-22)19-14(3)9-17(21)10-15(19)4;/h5-10H,11H2,1-4H3;1H. The minimum Gasteiger partial charge on any atom is -0.328 e. The lowest BCUT2D eigenvalue weighted by Gasteiger charge is -2.26. The second kappa shape index (κ2) is 7.51. The molecular formula is C19H21Br2ClN2. The van der Waals surface area contributed by atoms with Gasteiger partial charge in [0.2, 0.25) is 0 Å². The first-order chi connectivity index (χ1) is 10.9. The minimum atomic E-state index is 0. The number of benzene rings is 2. The van der Waals surface area contributed by atoms with E-state index in [0.29, 0.717) is 0 Å². The van der Waals surface area contributed by atoms with E-state index < -0.39 is 0 Å². The van der Waals surface area contributed by atoms with E-state index >= 15 is 0 Å². The first kappa shape index (κ1) is 19.4. The van der Waals surface area contributed by atoms with Crippen LogP contribution in [0.1, 0.15) is 22.3 Å². The van der Waals surface area contributed by atoms with Crippen molar-refractivity contribution in [1.82, 2.24) is 0 Å². The van der Waals surface area contributed by atoms with Crippen LogP contribution in [0.15, 0.2) is 45.6 Å². The van der Waals surface area contributed by atoms with Crippen LogP contribution in [-0.2, 0) is 0 Å². The summed E-state index contributed by atoms with van der Waals surface area (Å²) in [5.41, 5.74) is 7.72. The molecule has 2 nitrogen and oxygen atoms in total. The number of anilines is 2. The highest BCUT2D eigenvalue weighted by Crippen LogP contribution is 2.34. The van der Waals surface area contributed by atoms with Crippen molar-refractivity contribution in [1.29, 1.82) is 0 Å². The lowest BCUT2D eigenvalue weighted by Crippen LogP contribution is -2.26. The fraction of sp³-hybridized carbons (Fsp3) is 0.263. The highest BCUT2D eigenvalue weighted by Gasteiger charge is 2.21. The monoisotopic (exact) mass is 470 g/mol. The van der Waals surface area contributed by atoms with Crippen LogP contribution in [0.2, 0.25) is 0 Å². The molecule has 0 amide bonds. The van der Waals surface area contributed by atoms with Crippen molar-refractivity contribution in [2.24, 2.45) is 0 Å². The van der Waals surface area contributed by atoms with Crippen LogP contribution in [-0.4, -0.2) is 6.67 Å². The van der Waals surface area contributed by atoms with Crippen molar-refractivity contribution in [3.05, 3.63) is 67.9 Å². The second-order valence-corrected chi connectivity index (χ2v) is 7.99. The van der Waals surface area contributed by atoms with Gasteiger partial charge in [0, 0.05) is 32.7 Å². The number of nitrogens with zero attached hydrogens (tertiary/aromatic N) is 2. The molecular weight excluding hydrogens is 451 g/mol. The Morgan fingerprint density at radius 3 is 1.25 bits per heavy atom. The fourth-order valence-electron chi connectivity index (χ4n) is 3.42. The summed E-state index contributed by atoms with van der Waals surface area (Å²) in [7, 11) is 0. The molecule has 3 rings (SSSR count). The van der Waals surface area contributed by atoms with Gasteiger partial charge in [0.25, 0.3) is 0 Å². The molecule has 1 heterocycles. The summed E-state index contributed by atoms with van der Waals surface area (Å²) in [6.07, 6.45) is 4.34. The van der Waals surface area contributed by atoms with Gasteiger partial charge in [0.05, 0.1) is 6.67 Å². The van der Waals surface area contributed by atoms with Crippen molar-refractivity contribution in [3.63, 3.8) is 0 Å². The molecule has 0 aromatic heterocycles. The molecule has 0 spiro atoms.